The zero-order valence-corrected chi connectivity index (χ0v) is 6.53. The zero-order chi connectivity index (χ0) is 8.97. The number of nitroso groups, excluding NO2 is 1. The Kier molecular flexibility index (Phi) is 2.58. The Bertz CT molecular complexity index is 307. The molecule has 3 nitrogen and oxygen atoms in total. The summed E-state index contributed by atoms with van der Waals surface area (Å²) in [6.07, 6.45) is 1.62. The first-order chi connectivity index (χ1) is 5.77. The van der Waals surface area contributed by atoms with E-state index in [1.54, 1.807) is 24.3 Å². The third kappa shape index (κ3) is 1.69. The van der Waals surface area contributed by atoms with E-state index in [2.05, 4.69) is 11.8 Å². The van der Waals surface area contributed by atoms with Crippen LogP contribution in [0.5, 0.6) is 5.75 Å². The molecule has 0 aliphatic heterocycles. The molecule has 1 aromatic rings. The molecule has 0 heterocycles. The molecule has 0 aliphatic carbocycles. The van der Waals surface area contributed by atoms with Crippen molar-refractivity contribution in [3.8, 4) is 5.75 Å². The van der Waals surface area contributed by atoms with Crippen molar-refractivity contribution >= 4 is 6.08 Å². The standard InChI is InChI=1S/C9H9NO2/c1-2-7-3-4-8(6-10-12)9(11)5-7/h2-5,11H,1,6H2. The van der Waals surface area contributed by atoms with E-state index in [0.29, 0.717) is 5.56 Å². The predicted octanol–water partition coefficient (Wildman–Crippen LogP) is 2.30. The quantitative estimate of drug-likeness (QED) is 0.695. The van der Waals surface area contributed by atoms with Crippen molar-refractivity contribution in [1.29, 1.82) is 0 Å². The fourth-order valence-corrected chi connectivity index (χ4v) is 0.911. The van der Waals surface area contributed by atoms with Crippen molar-refractivity contribution in [2.75, 3.05) is 0 Å². The Morgan fingerprint density at radius 3 is 2.83 bits per heavy atom. The summed E-state index contributed by atoms with van der Waals surface area (Å²) in [4.78, 5) is 9.90. The summed E-state index contributed by atoms with van der Waals surface area (Å²) in [6, 6.07) is 4.98. The summed E-state index contributed by atoms with van der Waals surface area (Å²) in [5.74, 6) is 0.0898. The lowest BCUT2D eigenvalue weighted by Gasteiger charge is -2.00. The molecule has 1 N–H and O–H groups in total. The summed E-state index contributed by atoms with van der Waals surface area (Å²) in [7, 11) is 0. The molecule has 0 spiro atoms. The van der Waals surface area contributed by atoms with Gasteiger partial charge in [0, 0.05) is 5.56 Å². The van der Waals surface area contributed by atoms with Gasteiger partial charge in [-0.2, -0.15) is 4.91 Å². The van der Waals surface area contributed by atoms with Crippen LogP contribution in [0.4, 0.5) is 0 Å². The molecule has 0 unspecified atom stereocenters. The highest BCUT2D eigenvalue weighted by atomic mass is 16.3. The van der Waals surface area contributed by atoms with E-state index in [-0.39, 0.29) is 12.3 Å². The molecule has 3 heteroatoms. The largest absolute Gasteiger partial charge is 0.508 e. The molecule has 12 heavy (non-hydrogen) atoms. The lowest BCUT2D eigenvalue weighted by atomic mass is 10.1. The van der Waals surface area contributed by atoms with Gasteiger partial charge >= 0.3 is 0 Å². The molecule has 0 radical (unpaired) electrons. The maximum atomic E-state index is 9.90. The molecule has 0 saturated heterocycles. The second kappa shape index (κ2) is 3.67. The summed E-state index contributed by atoms with van der Waals surface area (Å²) in [6.45, 7) is 3.55. The number of nitrogens with zero attached hydrogens (tertiary/aromatic N) is 1. The average molecular weight is 163 g/mol. The van der Waals surface area contributed by atoms with Crippen LogP contribution in [-0.2, 0) is 6.54 Å². The molecular weight excluding hydrogens is 154 g/mol. The van der Waals surface area contributed by atoms with E-state index in [1.165, 1.54) is 0 Å². The fourth-order valence-electron chi connectivity index (χ4n) is 0.911. The minimum absolute atomic E-state index is 0.00323. The van der Waals surface area contributed by atoms with Crippen molar-refractivity contribution in [2.24, 2.45) is 5.18 Å². The smallest absolute Gasteiger partial charge is 0.121 e. The summed E-state index contributed by atoms with van der Waals surface area (Å²) < 4.78 is 0. The molecule has 1 aromatic carbocycles. The predicted molar refractivity (Wildman–Crippen MR) is 47.7 cm³/mol. The van der Waals surface area contributed by atoms with Crippen LogP contribution in [0.2, 0.25) is 0 Å². The van der Waals surface area contributed by atoms with Gasteiger partial charge in [-0.15, -0.1) is 0 Å². The van der Waals surface area contributed by atoms with E-state index < -0.39 is 0 Å². The van der Waals surface area contributed by atoms with Crippen LogP contribution in [0, 0.1) is 4.91 Å². The number of aromatic hydroxyl groups is 1. The molecule has 0 atom stereocenters. The van der Waals surface area contributed by atoms with E-state index in [1.807, 2.05) is 0 Å². The summed E-state index contributed by atoms with van der Waals surface area (Å²) >= 11 is 0. The molecule has 0 amide bonds. The maximum absolute atomic E-state index is 9.90. The van der Waals surface area contributed by atoms with Crippen LogP contribution in [0.3, 0.4) is 0 Å². The molecule has 0 bridgehead atoms. The van der Waals surface area contributed by atoms with Crippen LogP contribution in [0.15, 0.2) is 30.0 Å². The lowest BCUT2D eigenvalue weighted by molar-refractivity contribution is 0.468. The normalized spacial score (nSPS) is 9.33. The highest BCUT2D eigenvalue weighted by Gasteiger charge is 2.00. The van der Waals surface area contributed by atoms with Crippen molar-refractivity contribution in [3.05, 3.63) is 40.8 Å². The Morgan fingerprint density at radius 1 is 1.58 bits per heavy atom. The van der Waals surface area contributed by atoms with Gasteiger partial charge in [-0.3, -0.25) is 0 Å². The first-order valence-electron chi connectivity index (χ1n) is 3.51. The van der Waals surface area contributed by atoms with Crippen LogP contribution in [0.25, 0.3) is 6.08 Å². The van der Waals surface area contributed by atoms with Crippen LogP contribution in [-0.4, -0.2) is 5.11 Å². The average Bonchev–Trinajstić information content (AvgIpc) is 2.09. The van der Waals surface area contributed by atoms with Crippen molar-refractivity contribution in [2.45, 2.75) is 6.54 Å². The number of hydrogen-bond acceptors (Lipinski definition) is 3. The zero-order valence-electron chi connectivity index (χ0n) is 6.53. The van der Waals surface area contributed by atoms with E-state index >= 15 is 0 Å². The number of phenolic OH excluding ortho intramolecular Hbond substituents is 1. The first kappa shape index (κ1) is 8.46. The van der Waals surface area contributed by atoms with Gasteiger partial charge in [0.15, 0.2) is 0 Å². The minimum atomic E-state index is 0.00323. The molecule has 0 fully saturated rings. The van der Waals surface area contributed by atoms with Gasteiger partial charge in [-0.05, 0) is 11.6 Å². The topological polar surface area (TPSA) is 49.7 Å². The van der Waals surface area contributed by atoms with Gasteiger partial charge in [0.1, 0.15) is 12.3 Å². The number of rotatable bonds is 3. The molecule has 62 valence electrons. The fraction of sp³-hybridized carbons (Fsp3) is 0.111. The van der Waals surface area contributed by atoms with Crippen LogP contribution < -0.4 is 0 Å². The first-order valence-corrected chi connectivity index (χ1v) is 3.51. The van der Waals surface area contributed by atoms with E-state index in [4.69, 9.17) is 0 Å². The number of hydrogen-bond donors (Lipinski definition) is 1. The third-order valence-corrected chi connectivity index (χ3v) is 1.58. The highest BCUT2D eigenvalue weighted by Crippen LogP contribution is 2.19. The highest BCUT2D eigenvalue weighted by molar-refractivity contribution is 5.51. The molecule has 0 aromatic heterocycles. The van der Waals surface area contributed by atoms with Gasteiger partial charge in [-0.25, -0.2) is 0 Å². The molecular formula is C9H9NO2. The summed E-state index contributed by atoms with van der Waals surface area (Å²) in [5.41, 5.74) is 1.36. The van der Waals surface area contributed by atoms with E-state index in [0.717, 1.165) is 5.56 Å². The van der Waals surface area contributed by atoms with Crippen molar-refractivity contribution < 1.29 is 5.11 Å². The van der Waals surface area contributed by atoms with E-state index in [9.17, 15) is 10.0 Å². The number of benzene rings is 1. The Hall–Kier alpha value is -1.64. The van der Waals surface area contributed by atoms with Crippen LogP contribution >= 0.6 is 0 Å². The summed E-state index contributed by atoms with van der Waals surface area (Å²) in [5, 5.41) is 12.0. The molecule has 1 rings (SSSR count). The van der Waals surface area contributed by atoms with Gasteiger partial charge in [-0.1, -0.05) is 30.0 Å². The Labute approximate surface area is 70.3 Å². The van der Waals surface area contributed by atoms with Gasteiger partial charge in [0.05, 0.1) is 0 Å². The van der Waals surface area contributed by atoms with Gasteiger partial charge < -0.3 is 5.11 Å². The number of phenols is 1. The minimum Gasteiger partial charge on any atom is -0.508 e. The van der Waals surface area contributed by atoms with Crippen LogP contribution in [0.1, 0.15) is 11.1 Å². The maximum Gasteiger partial charge on any atom is 0.121 e. The molecule has 0 aliphatic rings. The molecule has 0 saturated carbocycles. The second-order valence-corrected chi connectivity index (χ2v) is 2.38. The van der Waals surface area contributed by atoms with Crippen molar-refractivity contribution in [1.82, 2.24) is 0 Å². The Morgan fingerprint density at radius 2 is 2.33 bits per heavy atom. The SMILES string of the molecule is C=Cc1ccc(CN=O)c(O)c1. The van der Waals surface area contributed by atoms with Gasteiger partial charge in [0.2, 0.25) is 0 Å². The monoisotopic (exact) mass is 163 g/mol. The Balaban J connectivity index is 3.02. The van der Waals surface area contributed by atoms with Crippen molar-refractivity contribution in [3.63, 3.8) is 0 Å². The van der Waals surface area contributed by atoms with Gasteiger partial charge in [0.25, 0.3) is 0 Å². The third-order valence-electron chi connectivity index (χ3n) is 1.58. The lowest BCUT2D eigenvalue weighted by Crippen LogP contribution is -1.82. The second-order valence-electron chi connectivity index (χ2n) is 2.38.